The van der Waals surface area contributed by atoms with Gasteiger partial charge in [-0.1, -0.05) is 0 Å². The minimum absolute atomic E-state index is 0.0150. The van der Waals surface area contributed by atoms with E-state index in [0.29, 0.717) is 24.2 Å². The zero-order chi connectivity index (χ0) is 17.3. The molecule has 0 bridgehead atoms. The van der Waals surface area contributed by atoms with E-state index in [1.54, 1.807) is 18.6 Å². The molecule has 2 aromatic rings. The highest BCUT2D eigenvalue weighted by atomic mass is 16.5. The number of nitrogens with zero attached hydrogens (tertiary/aromatic N) is 3. The molecule has 0 spiro atoms. The van der Waals surface area contributed by atoms with Crippen molar-refractivity contribution in [3.05, 3.63) is 41.6 Å². The predicted octanol–water partition coefficient (Wildman–Crippen LogP) is 1.57. The normalized spacial score (nSPS) is 19.5. The highest BCUT2D eigenvalue weighted by Gasteiger charge is 2.36. The number of aromatic nitrogens is 3. The van der Waals surface area contributed by atoms with Gasteiger partial charge in [-0.3, -0.25) is 14.6 Å². The van der Waals surface area contributed by atoms with E-state index in [1.165, 1.54) is 7.11 Å². The number of carbonyl (C=O) groups excluding carboxylic acids is 2. The van der Waals surface area contributed by atoms with E-state index < -0.39 is 0 Å². The SMILES string of the molecule is COC(=O)C1CC(NC(=O)c2cc(C)n(-c3cnccn3)c2C)C1. The van der Waals surface area contributed by atoms with Crippen LogP contribution in [0, 0.1) is 19.8 Å². The van der Waals surface area contributed by atoms with Gasteiger partial charge in [0.2, 0.25) is 0 Å². The third-order valence-electron chi connectivity index (χ3n) is 4.46. The Bertz CT molecular complexity index is 764. The number of nitrogens with one attached hydrogen (secondary N) is 1. The highest BCUT2D eigenvalue weighted by molar-refractivity contribution is 5.96. The van der Waals surface area contributed by atoms with Crippen LogP contribution in [-0.4, -0.2) is 39.6 Å². The van der Waals surface area contributed by atoms with E-state index in [0.717, 1.165) is 11.4 Å². The fraction of sp³-hybridized carbons (Fsp3) is 0.412. The average molecular weight is 328 g/mol. The molecule has 0 unspecified atom stereocenters. The summed E-state index contributed by atoms with van der Waals surface area (Å²) >= 11 is 0. The Balaban J connectivity index is 1.72. The second kappa shape index (κ2) is 6.43. The van der Waals surface area contributed by atoms with E-state index in [9.17, 15) is 9.59 Å². The van der Waals surface area contributed by atoms with Crippen LogP contribution in [0.2, 0.25) is 0 Å². The summed E-state index contributed by atoms with van der Waals surface area (Å²) in [5, 5.41) is 2.98. The van der Waals surface area contributed by atoms with Gasteiger partial charge in [-0.05, 0) is 32.8 Å². The number of esters is 1. The molecule has 1 fully saturated rings. The van der Waals surface area contributed by atoms with Crippen LogP contribution in [-0.2, 0) is 9.53 Å². The Morgan fingerprint density at radius 3 is 2.67 bits per heavy atom. The molecule has 0 saturated heterocycles. The van der Waals surface area contributed by atoms with Crippen LogP contribution >= 0.6 is 0 Å². The molecule has 2 heterocycles. The third kappa shape index (κ3) is 2.89. The summed E-state index contributed by atoms with van der Waals surface area (Å²) in [5.41, 5.74) is 2.34. The fourth-order valence-electron chi connectivity index (χ4n) is 3.11. The van der Waals surface area contributed by atoms with Crippen molar-refractivity contribution in [1.29, 1.82) is 0 Å². The molecule has 1 amide bonds. The Morgan fingerprint density at radius 2 is 2.04 bits per heavy atom. The molecule has 3 rings (SSSR count). The first-order chi connectivity index (χ1) is 11.5. The molecule has 7 heteroatoms. The summed E-state index contributed by atoms with van der Waals surface area (Å²) in [7, 11) is 1.38. The summed E-state index contributed by atoms with van der Waals surface area (Å²) in [6.07, 6.45) is 6.14. The number of methoxy groups -OCH3 is 1. The number of aryl methyl sites for hydroxylation is 1. The van der Waals surface area contributed by atoms with Gasteiger partial charge in [0.05, 0.1) is 24.8 Å². The standard InChI is InChI=1S/C17H20N4O3/c1-10-6-14(11(2)21(10)15-9-18-4-5-19-15)16(22)20-13-7-12(8-13)17(23)24-3/h4-6,9,12-13H,7-8H2,1-3H3,(H,20,22). The Kier molecular flexibility index (Phi) is 4.33. The van der Waals surface area contributed by atoms with Crippen LogP contribution in [0.4, 0.5) is 0 Å². The molecule has 0 aliphatic heterocycles. The first-order valence-electron chi connectivity index (χ1n) is 7.85. The largest absolute Gasteiger partial charge is 0.469 e. The Morgan fingerprint density at radius 1 is 1.29 bits per heavy atom. The lowest BCUT2D eigenvalue weighted by molar-refractivity contribution is -0.149. The minimum Gasteiger partial charge on any atom is -0.469 e. The minimum atomic E-state index is -0.207. The molecular weight excluding hydrogens is 308 g/mol. The van der Waals surface area contributed by atoms with E-state index >= 15 is 0 Å². The first-order valence-corrected chi connectivity index (χ1v) is 7.85. The number of hydrogen-bond donors (Lipinski definition) is 1. The van der Waals surface area contributed by atoms with Crippen LogP contribution in [0.3, 0.4) is 0 Å². The van der Waals surface area contributed by atoms with Crippen LogP contribution in [0.25, 0.3) is 5.82 Å². The molecule has 0 atom stereocenters. The van der Waals surface area contributed by atoms with Crippen molar-refractivity contribution in [3.8, 4) is 5.82 Å². The number of hydrogen-bond acceptors (Lipinski definition) is 5. The molecule has 0 radical (unpaired) electrons. The Labute approximate surface area is 140 Å². The lowest BCUT2D eigenvalue weighted by Crippen LogP contribution is -2.47. The summed E-state index contributed by atoms with van der Waals surface area (Å²) in [6.45, 7) is 3.81. The van der Waals surface area contributed by atoms with Crippen molar-refractivity contribution in [2.24, 2.45) is 5.92 Å². The number of amides is 1. The van der Waals surface area contributed by atoms with Gasteiger partial charge in [0, 0.05) is 29.8 Å². The van der Waals surface area contributed by atoms with Crippen molar-refractivity contribution >= 4 is 11.9 Å². The van der Waals surface area contributed by atoms with Crippen LogP contribution in [0.15, 0.2) is 24.7 Å². The van der Waals surface area contributed by atoms with Crippen molar-refractivity contribution in [2.45, 2.75) is 32.7 Å². The van der Waals surface area contributed by atoms with E-state index in [1.807, 2.05) is 24.5 Å². The molecular formula is C17H20N4O3. The summed E-state index contributed by atoms with van der Waals surface area (Å²) < 4.78 is 6.61. The third-order valence-corrected chi connectivity index (χ3v) is 4.46. The average Bonchev–Trinajstić information content (AvgIpc) is 2.85. The molecule has 1 N–H and O–H groups in total. The zero-order valence-corrected chi connectivity index (χ0v) is 13.9. The maximum atomic E-state index is 12.5. The van der Waals surface area contributed by atoms with Gasteiger partial charge < -0.3 is 14.6 Å². The summed E-state index contributed by atoms with van der Waals surface area (Å²) in [5.74, 6) is 0.237. The maximum Gasteiger partial charge on any atom is 0.308 e. The van der Waals surface area contributed by atoms with Crippen LogP contribution in [0.1, 0.15) is 34.6 Å². The first kappa shape index (κ1) is 16.2. The van der Waals surface area contributed by atoms with Gasteiger partial charge in [0.1, 0.15) is 0 Å². The molecule has 1 aliphatic rings. The van der Waals surface area contributed by atoms with Gasteiger partial charge in [-0.25, -0.2) is 4.98 Å². The van der Waals surface area contributed by atoms with Crippen LogP contribution < -0.4 is 5.32 Å². The quantitative estimate of drug-likeness (QED) is 0.861. The van der Waals surface area contributed by atoms with Gasteiger partial charge in [0.15, 0.2) is 5.82 Å². The topological polar surface area (TPSA) is 86.1 Å². The molecule has 24 heavy (non-hydrogen) atoms. The number of ether oxygens (including phenoxy) is 1. The summed E-state index contributed by atoms with van der Waals surface area (Å²) in [4.78, 5) is 32.3. The maximum absolute atomic E-state index is 12.5. The van der Waals surface area contributed by atoms with Gasteiger partial charge in [0.25, 0.3) is 5.91 Å². The predicted molar refractivity (Wildman–Crippen MR) is 86.8 cm³/mol. The zero-order valence-electron chi connectivity index (χ0n) is 13.9. The number of carbonyl (C=O) groups is 2. The highest BCUT2D eigenvalue weighted by Crippen LogP contribution is 2.29. The molecule has 126 valence electrons. The summed E-state index contributed by atoms with van der Waals surface area (Å²) in [6, 6.07) is 1.86. The lowest BCUT2D eigenvalue weighted by atomic mass is 9.80. The van der Waals surface area contributed by atoms with Crippen molar-refractivity contribution in [1.82, 2.24) is 19.9 Å². The Hall–Kier alpha value is -2.70. The molecule has 7 nitrogen and oxygen atoms in total. The number of rotatable bonds is 4. The lowest BCUT2D eigenvalue weighted by Gasteiger charge is -2.33. The van der Waals surface area contributed by atoms with Crippen LogP contribution in [0.5, 0.6) is 0 Å². The van der Waals surface area contributed by atoms with E-state index in [4.69, 9.17) is 4.74 Å². The second-order valence-electron chi connectivity index (χ2n) is 6.05. The molecule has 0 aromatic carbocycles. The second-order valence-corrected chi connectivity index (χ2v) is 6.05. The molecule has 1 aliphatic carbocycles. The van der Waals surface area contributed by atoms with E-state index in [-0.39, 0.29) is 23.8 Å². The fourth-order valence-corrected chi connectivity index (χ4v) is 3.11. The molecule has 1 saturated carbocycles. The van der Waals surface area contributed by atoms with Crippen molar-refractivity contribution < 1.29 is 14.3 Å². The van der Waals surface area contributed by atoms with Crippen molar-refractivity contribution in [3.63, 3.8) is 0 Å². The van der Waals surface area contributed by atoms with Gasteiger partial charge in [-0.2, -0.15) is 0 Å². The van der Waals surface area contributed by atoms with Gasteiger partial charge >= 0.3 is 5.97 Å². The van der Waals surface area contributed by atoms with Crippen molar-refractivity contribution in [2.75, 3.05) is 7.11 Å². The molecule has 2 aromatic heterocycles. The smallest absolute Gasteiger partial charge is 0.308 e. The van der Waals surface area contributed by atoms with E-state index in [2.05, 4.69) is 15.3 Å². The monoisotopic (exact) mass is 328 g/mol. The van der Waals surface area contributed by atoms with Gasteiger partial charge in [-0.15, -0.1) is 0 Å².